The molecule has 0 heterocycles. The van der Waals surface area contributed by atoms with Crippen LogP contribution in [0.5, 0.6) is 0 Å². The summed E-state index contributed by atoms with van der Waals surface area (Å²) < 4.78 is 0. The van der Waals surface area contributed by atoms with Gasteiger partial charge in [0.05, 0.1) is 6.04 Å². The van der Waals surface area contributed by atoms with E-state index in [1.807, 2.05) is 6.92 Å². The van der Waals surface area contributed by atoms with E-state index in [1.54, 1.807) is 0 Å². The molecule has 1 atom stereocenters. The first-order valence-electron chi connectivity index (χ1n) is 6.77. The first kappa shape index (κ1) is 13.5. The van der Waals surface area contributed by atoms with Crippen LogP contribution in [0.15, 0.2) is 0 Å². The van der Waals surface area contributed by atoms with Gasteiger partial charge in [-0.15, -0.1) is 0 Å². The number of rotatable bonds is 6. The second-order valence-electron chi connectivity index (χ2n) is 4.87. The summed E-state index contributed by atoms with van der Waals surface area (Å²) in [6, 6.07) is 0.380. The highest BCUT2D eigenvalue weighted by molar-refractivity contribution is 5.81. The first-order chi connectivity index (χ1) is 7.74. The van der Waals surface area contributed by atoms with Gasteiger partial charge in [0.1, 0.15) is 0 Å². The molecule has 0 bridgehead atoms. The summed E-state index contributed by atoms with van der Waals surface area (Å²) in [5.74, 6) is 0.169. The molecule has 0 aromatic heterocycles. The van der Waals surface area contributed by atoms with Crippen LogP contribution in [0.3, 0.4) is 0 Å². The summed E-state index contributed by atoms with van der Waals surface area (Å²) in [5, 5.41) is 6.40. The molecule has 0 aliphatic heterocycles. The molecule has 1 rings (SSSR count). The average molecular weight is 226 g/mol. The molecule has 0 saturated heterocycles. The van der Waals surface area contributed by atoms with Crippen LogP contribution in [0.2, 0.25) is 0 Å². The van der Waals surface area contributed by atoms with E-state index in [0.717, 1.165) is 25.8 Å². The lowest BCUT2D eigenvalue weighted by atomic mass is 9.95. The van der Waals surface area contributed by atoms with Crippen molar-refractivity contribution in [2.24, 2.45) is 0 Å². The Morgan fingerprint density at radius 3 is 2.62 bits per heavy atom. The Morgan fingerprint density at radius 1 is 1.31 bits per heavy atom. The van der Waals surface area contributed by atoms with Crippen LogP contribution >= 0.6 is 0 Å². The number of nitrogens with one attached hydrogen (secondary N) is 2. The van der Waals surface area contributed by atoms with Crippen LogP contribution < -0.4 is 10.6 Å². The molecule has 1 unspecified atom stereocenters. The molecule has 0 aromatic carbocycles. The summed E-state index contributed by atoms with van der Waals surface area (Å²) >= 11 is 0. The van der Waals surface area contributed by atoms with Gasteiger partial charge >= 0.3 is 0 Å². The number of hydrogen-bond donors (Lipinski definition) is 2. The molecule has 1 amide bonds. The quantitative estimate of drug-likeness (QED) is 0.682. The van der Waals surface area contributed by atoms with Crippen LogP contribution in [0.4, 0.5) is 0 Å². The zero-order valence-corrected chi connectivity index (χ0v) is 10.7. The van der Waals surface area contributed by atoms with Gasteiger partial charge < -0.3 is 10.6 Å². The topological polar surface area (TPSA) is 41.1 Å². The van der Waals surface area contributed by atoms with E-state index >= 15 is 0 Å². The number of amides is 1. The lowest BCUT2D eigenvalue weighted by molar-refractivity contribution is -0.123. The molecule has 1 fully saturated rings. The smallest absolute Gasteiger partial charge is 0.237 e. The summed E-state index contributed by atoms with van der Waals surface area (Å²) in [5.41, 5.74) is 0. The second-order valence-corrected chi connectivity index (χ2v) is 4.87. The molecular formula is C13H26N2O. The van der Waals surface area contributed by atoms with E-state index in [0.29, 0.717) is 6.04 Å². The van der Waals surface area contributed by atoms with Gasteiger partial charge in [-0.2, -0.15) is 0 Å². The van der Waals surface area contributed by atoms with Gasteiger partial charge in [0, 0.05) is 6.04 Å². The maximum atomic E-state index is 11.8. The van der Waals surface area contributed by atoms with Gasteiger partial charge in [-0.25, -0.2) is 0 Å². The highest BCUT2D eigenvalue weighted by atomic mass is 16.2. The highest BCUT2D eigenvalue weighted by Crippen LogP contribution is 2.17. The average Bonchev–Trinajstić information content (AvgIpc) is 2.30. The van der Waals surface area contributed by atoms with Crippen molar-refractivity contribution >= 4 is 5.91 Å². The van der Waals surface area contributed by atoms with Crippen LogP contribution in [0.1, 0.15) is 58.8 Å². The normalized spacial score (nSPS) is 19.4. The monoisotopic (exact) mass is 226 g/mol. The van der Waals surface area contributed by atoms with Crippen molar-refractivity contribution in [3.63, 3.8) is 0 Å². The predicted octanol–water partition coefficient (Wildman–Crippen LogP) is 2.21. The highest BCUT2D eigenvalue weighted by Gasteiger charge is 2.18. The van der Waals surface area contributed by atoms with Crippen LogP contribution in [0, 0.1) is 0 Å². The Bertz CT molecular complexity index is 200. The van der Waals surface area contributed by atoms with Crippen molar-refractivity contribution in [3.8, 4) is 0 Å². The van der Waals surface area contributed by atoms with Crippen molar-refractivity contribution in [3.05, 3.63) is 0 Å². The molecule has 0 radical (unpaired) electrons. The summed E-state index contributed by atoms with van der Waals surface area (Å²) in [6.45, 7) is 5.05. The standard InChI is InChI=1S/C13H26N2O/c1-3-4-10-14-11(2)13(16)15-12-8-6-5-7-9-12/h11-12,14H,3-10H2,1-2H3,(H,15,16). The molecule has 0 aromatic rings. The van der Waals surface area contributed by atoms with Gasteiger partial charge in [-0.3, -0.25) is 4.79 Å². The third-order valence-electron chi connectivity index (χ3n) is 3.33. The minimum atomic E-state index is -0.0477. The number of carbonyl (C=O) groups is 1. The zero-order valence-electron chi connectivity index (χ0n) is 10.7. The zero-order chi connectivity index (χ0) is 11.8. The SMILES string of the molecule is CCCCNC(C)C(=O)NC1CCCCC1. The number of carbonyl (C=O) groups excluding carboxylic acids is 1. The summed E-state index contributed by atoms with van der Waals surface area (Å²) in [4.78, 5) is 11.8. The lowest BCUT2D eigenvalue weighted by Gasteiger charge is -2.24. The van der Waals surface area contributed by atoms with Gasteiger partial charge in [0.2, 0.25) is 5.91 Å². The molecular weight excluding hydrogens is 200 g/mol. The van der Waals surface area contributed by atoms with Crippen LogP contribution in [-0.2, 0) is 4.79 Å². The van der Waals surface area contributed by atoms with Crippen LogP contribution in [0.25, 0.3) is 0 Å². The van der Waals surface area contributed by atoms with Crippen molar-refractivity contribution in [1.82, 2.24) is 10.6 Å². The van der Waals surface area contributed by atoms with E-state index < -0.39 is 0 Å². The molecule has 3 nitrogen and oxygen atoms in total. The summed E-state index contributed by atoms with van der Waals surface area (Å²) in [6.07, 6.45) is 8.49. The molecule has 3 heteroatoms. The van der Waals surface area contributed by atoms with Gasteiger partial charge in [0.25, 0.3) is 0 Å². The molecule has 0 spiro atoms. The Kier molecular flexibility index (Phi) is 6.46. The van der Waals surface area contributed by atoms with Crippen molar-refractivity contribution in [1.29, 1.82) is 0 Å². The van der Waals surface area contributed by atoms with Crippen molar-refractivity contribution < 1.29 is 4.79 Å². The van der Waals surface area contributed by atoms with Gasteiger partial charge in [-0.1, -0.05) is 32.6 Å². The Hall–Kier alpha value is -0.570. The van der Waals surface area contributed by atoms with E-state index in [-0.39, 0.29) is 11.9 Å². The first-order valence-corrected chi connectivity index (χ1v) is 6.77. The Labute approximate surface area is 99.4 Å². The maximum absolute atomic E-state index is 11.8. The Morgan fingerprint density at radius 2 is 2.00 bits per heavy atom. The number of unbranched alkanes of at least 4 members (excludes halogenated alkanes) is 1. The number of hydrogen-bond acceptors (Lipinski definition) is 2. The third kappa shape index (κ3) is 4.97. The van der Waals surface area contributed by atoms with E-state index in [1.165, 1.54) is 25.7 Å². The minimum Gasteiger partial charge on any atom is -0.352 e. The fourth-order valence-electron chi connectivity index (χ4n) is 2.16. The van der Waals surface area contributed by atoms with E-state index in [4.69, 9.17) is 0 Å². The molecule has 2 N–H and O–H groups in total. The van der Waals surface area contributed by atoms with Crippen molar-refractivity contribution in [2.75, 3.05) is 6.54 Å². The minimum absolute atomic E-state index is 0.0477. The van der Waals surface area contributed by atoms with Gasteiger partial charge in [0.15, 0.2) is 0 Å². The maximum Gasteiger partial charge on any atom is 0.237 e. The fraction of sp³-hybridized carbons (Fsp3) is 0.923. The molecule has 1 aliphatic rings. The summed E-state index contributed by atoms with van der Waals surface area (Å²) in [7, 11) is 0. The van der Waals surface area contributed by atoms with E-state index in [2.05, 4.69) is 17.6 Å². The molecule has 1 saturated carbocycles. The molecule has 94 valence electrons. The molecule has 16 heavy (non-hydrogen) atoms. The van der Waals surface area contributed by atoms with Crippen molar-refractivity contribution in [2.45, 2.75) is 70.9 Å². The Balaban J connectivity index is 2.16. The predicted molar refractivity (Wildman–Crippen MR) is 67.4 cm³/mol. The van der Waals surface area contributed by atoms with E-state index in [9.17, 15) is 4.79 Å². The fourth-order valence-corrected chi connectivity index (χ4v) is 2.16. The lowest BCUT2D eigenvalue weighted by Crippen LogP contribution is -2.47. The third-order valence-corrected chi connectivity index (χ3v) is 3.33. The second kappa shape index (κ2) is 7.66. The van der Waals surface area contributed by atoms with Gasteiger partial charge in [-0.05, 0) is 32.7 Å². The molecule has 1 aliphatic carbocycles. The van der Waals surface area contributed by atoms with Crippen LogP contribution in [-0.4, -0.2) is 24.5 Å². The largest absolute Gasteiger partial charge is 0.352 e.